The lowest BCUT2D eigenvalue weighted by molar-refractivity contribution is -0.125. The van der Waals surface area contributed by atoms with Crippen molar-refractivity contribution in [3.63, 3.8) is 0 Å². The summed E-state index contributed by atoms with van der Waals surface area (Å²) in [5, 5.41) is 3.56. The highest BCUT2D eigenvalue weighted by molar-refractivity contribution is 6.35. The second kappa shape index (κ2) is 8.87. The van der Waals surface area contributed by atoms with E-state index in [0.717, 1.165) is 5.56 Å². The van der Waals surface area contributed by atoms with Gasteiger partial charge in [0.05, 0.1) is 17.5 Å². The standard InChI is InChI=1S/C17H19Cl2N3O2/c1-11(15(20)12-5-3-2-4-6-12)16(23)21-7-8-24-17-14(19)9-13(18)10-22-17/h2-6,9-11,15H,7-8,20H2,1H3,(H,21,23). The van der Waals surface area contributed by atoms with Gasteiger partial charge in [-0.05, 0) is 11.6 Å². The lowest BCUT2D eigenvalue weighted by Gasteiger charge is -2.19. The van der Waals surface area contributed by atoms with Crippen LogP contribution < -0.4 is 15.8 Å². The maximum Gasteiger partial charge on any atom is 0.232 e. The van der Waals surface area contributed by atoms with Crippen LogP contribution in [0.15, 0.2) is 42.6 Å². The van der Waals surface area contributed by atoms with Crippen LogP contribution in [-0.4, -0.2) is 24.0 Å². The Bertz CT molecular complexity index is 683. The summed E-state index contributed by atoms with van der Waals surface area (Å²) >= 11 is 11.7. The molecule has 0 spiro atoms. The first-order valence-electron chi connectivity index (χ1n) is 7.51. The van der Waals surface area contributed by atoms with Gasteiger partial charge in [0.2, 0.25) is 11.8 Å². The summed E-state index contributed by atoms with van der Waals surface area (Å²) in [6.45, 7) is 2.37. The second-order valence-electron chi connectivity index (χ2n) is 5.31. The van der Waals surface area contributed by atoms with Gasteiger partial charge in [0.1, 0.15) is 11.6 Å². The number of pyridine rings is 1. The largest absolute Gasteiger partial charge is 0.475 e. The van der Waals surface area contributed by atoms with E-state index in [1.807, 2.05) is 30.3 Å². The highest BCUT2D eigenvalue weighted by Gasteiger charge is 2.21. The first-order valence-corrected chi connectivity index (χ1v) is 8.26. The van der Waals surface area contributed by atoms with Crippen molar-refractivity contribution in [1.82, 2.24) is 10.3 Å². The van der Waals surface area contributed by atoms with E-state index >= 15 is 0 Å². The van der Waals surface area contributed by atoms with Crippen molar-refractivity contribution in [2.24, 2.45) is 11.7 Å². The molecule has 0 bridgehead atoms. The fraction of sp³-hybridized carbons (Fsp3) is 0.294. The van der Waals surface area contributed by atoms with Gasteiger partial charge in [0.25, 0.3) is 0 Å². The molecule has 1 amide bonds. The molecule has 0 radical (unpaired) electrons. The number of amides is 1. The number of hydrogen-bond donors (Lipinski definition) is 2. The van der Waals surface area contributed by atoms with Crippen molar-refractivity contribution in [2.75, 3.05) is 13.2 Å². The maximum absolute atomic E-state index is 12.2. The fourth-order valence-electron chi connectivity index (χ4n) is 2.12. The minimum absolute atomic E-state index is 0.134. The van der Waals surface area contributed by atoms with Crippen LogP contribution in [0.3, 0.4) is 0 Å². The number of hydrogen-bond acceptors (Lipinski definition) is 4. The summed E-state index contributed by atoms with van der Waals surface area (Å²) in [4.78, 5) is 16.2. The predicted molar refractivity (Wildman–Crippen MR) is 95.3 cm³/mol. The van der Waals surface area contributed by atoms with E-state index in [2.05, 4.69) is 10.3 Å². The monoisotopic (exact) mass is 367 g/mol. The van der Waals surface area contributed by atoms with E-state index in [0.29, 0.717) is 16.6 Å². The summed E-state index contributed by atoms with van der Waals surface area (Å²) in [5.41, 5.74) is 7.06. The number of carbonyl (C=O) groups is 1. The number of carbonyl (C=O) groups excluding carboxylic acids is 1. The van der Waals surface area contributed by atoms with E-state index < -0.39 is 0 Å². The summed E-state index contributed by atoms with van der Waals surface area (Å²) in [6, 6.07) is 10.7. The van der Waals surface area contributed by atoms with Gasteiger partial charge in [-0.3, -0.25) is 4.79 Å². The predicted octanol–water partition coefficient (Wildman–Crippen LogP) is 3.22. The van der Waals surface area contributed by atoms with Gasteiger partial charge >= 0.3 is 0 Å². The molecule has 2 unspecified atom stereocenters. The van der Waals surface area contributed by atoms with E-state index in [-0.39, 0.29) is 30.4 Å². The van der Waals surface area contributed by atoms with Crippen LogP contribution in [0.5, 0.6) is 5.88 Å². The van der Waals surface area contributed by atoms with Crippen LogP contribution in [0.4, 0.5) is 0 Å². The van der Waals surface area contributed by atoms with Crippen molar-refractivity contribution >= 4 is 29.1 Å². The summed E-state index contributed by atoms with van der Waals surface area (Å²) in [6.07, 6.45) is 1.45. The van der Waals surface area contributed by atoms with Crippen molar-refractivity contribution in [1.29, 1.82) is 0 Å². The molecule has 0 aliphatic heterocycles. The average Bonchev–Trinajstić information content (AvgIpc) is 2.59. The SMILES string of the molecule is CC(C(=O)NCCOc1ncc(Cl)cc1Cl)C(N)c1ccccc1. The zero-order valence-corrected chi connectivity index (χ0v) is 14.7. The van der Waals surface area contributed by atoms with Crippen molar-refractivity contribution in [3.05, 3.63) is 58.2 Å². The van der Waals surface area contributed by atoms with Crippen molar-refractivity contribution in [3.8, 4) is 5.88 Å². The third-order valence-corrected chi connectivity index (χ3v) is 4.03. The Labute approximate surface area is 151 Å². The number of benzene rings is 1. The Balaban J connectivity index is 1.78. The minimum atomic E-state index is -0.362. The molecule has 1 aromatic carbocycles. The molecule has 2 aromatic rings. The normalized spacial score (nSPS) is 13.2. The Morgan fingerprint density at radius 2 is 2.04 bits per heavy atom. The molecule has 0 aliphatic carbocycles. The molecule has 2 atom stereocenters. The Morgan fingerprint density at radius 1 is 1.33 bits per heavy atom. The van der Waals surface area contributed by atoms with Crippen LogP contribution in [0.1, 0.15) is 18.5 Å². The summed E-state index contributed by atoms with van der Waals surface area (Å²) in [5.74, 6) is -0.209. The smallest absolute Gasteiger partial charge is 0.232 e. The van der Waals surface area contributed by atoms with E-state index in [1.165, 1.54) is 6.20 Å². The Morgan fingerprint density at radius 3 is 2.71 bits per heavy atom. The van der Waals surface area contributed by atoms with Crippen LogP contribution in [-0.2, 0) is 4.79 Å². The Hall–Kier alpha value is -1.82. The van der Waals surface area contributed by atoms with E-state index in [9.17, 15) is 4.79 Å². The molecule has 2 rings (SSSR count). The second-order valence-corrected chi connectivity index (χ2v) is 6.15. The summed E-state index contributed by atoms with van der Waals surface area (Å²) < 4.78 is 5.42. The third-order valence-electron chi connectivity index (χ3n) is 3.55. The fourth-order valence-corrected chi connectivity index (χ4v) is 2.55. The van der Waals surface area contributed by atoms with E-state index in [1.54, 1.807) is 13.0 Å². The molecular weight excluding hydrogens is 349 g/mol. The van der Waals surface area contributed by atoms with E-state index in [4.69, 9.17) is 33.7 Å². The van der Waals surface area contributed by atoms with Gasteiger partial charge in [0, 0.05) is 12.2 Å². The lowest BCUT2D eigenvalue weighted by atomic mass is 9.95. The molecular formula is C17H19Cl2N3O2. The quantitative estimate of drug-likeness (QED) is 0.736. The van der Waals surface area contributed by atoms with Gasteiger partial charge in [-0.2, -0.15) is 0 Å². The van der Waals surface area contributed by atoms with Crippen LogP contribution in [0.25, 0.3) is 0 Å². The van der Waals surface area contributed by atoms with Crippen molar-refractivity contribution < 1.29 is 9.53 Å². The number of ether oxygens (including phenoxy) is 1. The average molecular weight is 368 g/mol. The minimum Gasteiger partial charge on any atom is -0.475 e. The highest BCUT2D eigenvalue weighted by atomic mass is 35.5. The molecule has 1 heterocycles. The van der Waals surface area contributed by atoms with Gasteiger partial charge in [-0.25, -0.2) is 4.98 Å². The number of nitrogens with zero attached hydrogens (tertiary/aromatic N) is 1. The number of aromatic nitrogens is 1. The van der Waals surface area contributed by atoms with Gasteiger partial charge in [-0.15, -0.1) is 0 Å². The van der Waals surface area contributed by atoms with Gasteiger partial charge in [-0.1, -0.05) is 60.5 Å². The first kappa shape index (κ1) is 18.5. The molecule has 1 aromatic heterocycles. The number of nitrogens with two attached hydrogens (primary N) is 1. The molecule has 0 saturated heterocycles. The zero-order chi connectivity index (χ0) is 17.5. The van der Waals surface area contributed by atoms with Crippen molar-refractivity contribution in [2.45, 2.75) is 13.0 Å². The number of halogens is 2. The molecule has 0 aliphatic rings. The summed E-state index contributed by atoms with van der Waals surface area (Å²) in [7, 11) is 0. The molecule has 0 fully saturated rings. The number of nitrogens with one attached hydrogen (secondary N) is 1. The maximum atomic E-state index is 12.2. The molecule has 3 N–H and O–H groups in total. The lowest BCUT2D eigenvalue weighted by Crippen LogP contribution is -2.37. The molecule has 0 saturated carbocycles. The zero-order valence-electron chi connectivity index (χ0n) is 13.2. The first-order chi connectivity index (χ1) is 11.5. The third kappa shape index (κ3) is 5.09. The molecule has 128 valence electrons. The van der Waals surface area contributed by atoms with Crippen LogP contribution in [0.2, 0.25) is 10.0 Å². The molecule has 24 heavy (non-hydrogen) atoms. The molecule has 5 nitrogen and oxygen atoms in total. The van der Waals surface area contributed by atoms with Crippen LogP contribution in [0, 0.1) is 5.92 Å². The highest BCUT2D eigenvalue weighted by Crippen LogP contribution is 2.24. The van der Waals surface area contributed by atoms with Crippen LogP contribution >= 0.6 is 23.2 Å². The van der Waals surface area contributed by atoms with Gasteiger partial charge in [0.15, 0.2) is 0 Å². The number of rotatable bonds is 7. The topological polar surface area (TPSA) is 77.2 Å². The Kier molecular flexibility index (Phi) is 6.85. The van der Waals surface area contributed by atoms with Gasteiger partial charge < -0.3 is 15.8 Å². The molecule has 7 heteroatoms.